The fourth-order valence-electron chi connectivity index (χ4n) is 3.86. The van der Waals surface area contributed by atoms with E-state index in [-0.39, 0.29) is 0 Å². The van der Waals surface area contributed by atoms with E-state index in [0.29, 0.717) is 0 Å². The van der Waals surface area contributed by atoms with Gasteiger partial charge in [0, 0.05) is 10.0 Å². The van der Waals surface area contributed by atoms with Crippen LogP contribution in [0, 0.1) is 0 Å². The highest BCUT2D eigenvalue weighted by Gasteiger charge is 2.23. The summed E-state index contributed by atoms with van der Waals surface area (Å²) in [7, 11) is 0. The number of fused-ring (bicyclic) bond motifs is 8. The molecule has 0 aromatic heterocycles. The molecule has 0 fully saturated rings. The molecule has 0 saturated carbocycles. The lowest BCUT2D eigenvalue weighted by Crippen LogP contribution is -1.88. The first kappa shape index (κ1) is 13.4. The molecule has 23 heavy (non-hydrogen) atoms. The van der Waals surface area contributed by atoms with Gasteiger partial charge in [0.15, 0.2) is 0 Å². The highest BCUT2D eigenvalue weighted by atomic mass is 35.5. The lowest BCUT2D eigenvalue weighted by atomic mass is 9.92. The Kier molecular flexibility index (Phi) is 2.76. The molecule has 0 spiro atoms. The largest absolute Gasteiger partial charge is 0.0843 e. The van der Waals surface area contributed by atoms with Gasteiger partial charge in [-0.1, -0.05) is 59.6 Å². The molecule has 4 aromatic rings. The first-order chi connectivity index (χ1) is 11.2. The zero-order valence-electron chi connectivity index (χ0n) is 12.2. The third kappa shape index (κ3) is 1.86. The van der Waals surface area contributed by atoms with E-state index in [0.717, 1.165) is 16.5 Å². The van der Waals surface area contributed by atoms with Gasteiger partial charge in [0.1, 0.15) is 0 Å². The highest BCUT2D eigenvalue weighted by molar-refractivity contribution is 6.33. The minimum atomic E-state index is 0.764. The third-order valence-corrected chi connectivity index (χ3v) is 5.27. The summed E-state index contributed by atoms with van der Waals surface area (Å²) in [5.41, 5.74) is 5.42. The first-order valence-electron chi connectivity index (χ1n) is 7.64. The van der Waals surface area contributed by atoms with E-state index >= 15 is 0 Å². The average Bonchev–Trinajstić information content (AvgIpc) is 2.94. The standard InChI is InChI=1S/C21H12Cl2/c22-13-5-7-16-18-10-14(23)6-8-17(18)21-15-4-2-1-3-12(15)9-20(21)19(16)11-13/h1-8,10-11H,9H2. The average molecular weight is 335 g/mol. The van der Waals surface area contributed by atoms with Gasteiger partial charge in [-0.3, -0.25) is 0 Å². The fraction of sp³-hybridized carbons (Fsp3) is 0.0476. The van der Waals surface area contributed by atoms with E-state index in [1.165, 1.54) is 43.8 Å². The molecule has 0 unspecified atom stereocenters. The summed E-state index contributed by atoms with van der Waals surface area (Å²) in [6.07, 6.45) is 0.959. The van der Waals surface area contributed by atoms with E-state index < -0.39 is 0 Å². The second-order valence-electron chi connectivity index (χ2n) is 6.07. The molecule has 1 aliphatic carbocycles. The van der Waals surface area contributed by atoms with Gasteiger partial charge >= 0.3 is 0 Å². The molecule has 1 aliphatic rings. The number of hydrogen-bond donors (Lipinski definition) is 0. The zero-order chi connectivity index (χ0) is 15.6. The van der Waals surface area contributed by atoms with Crippen LogP contribution in [0.15, 0.2) is 60.7 Å². The van der Waals surface area contributed by atoms with Gasteiger partial charge in [0.05, 0.1) is 0 Å². The van der Waals surface area contributed by atoms with Crippen molar-refractivity contribution in [3.8, 4) is 11.1 Å². The van der Waals surface area contributed by atoms with Crippen molar-refractivity contribution in [3.63, 3.8) is 0 Å². The molecule has 0 aliphatic heterocycles. The van der Waals surface area contributed by atoms with Crippen molar-refractivity contribution < 1.29 is 0 Å². The van der Waals surface area contributed by atoms with E-state index in [1.54, 1.807) is 0 Å². The predicted molar refractivity (Wildman–Crippen MR) is 99.7 cm³/mol. The fourth-order valence-corrected chi connectivity index (χ4v) is 4.20. The van der Waals surface area contributed by atoms with Crippen LogP contribution in [-0.4, -0.2) is 0 Å². The normalized spacial score (nSPS) is 12.6. The van der Waals surface area contributed by atoms with Gasteiger partial charge in [0.2, 0.25) is 0 Å². The highest BCUT2D eigenvalue weighted by Crippen LogP contribution is 2.46. The molecule has 0 bridgehead atoms. The smallest absolute Gasteiger partial charge is 0.0412 e. The van der Waals surface area contributed by atoms with Crippen LogP contribution in [0.5, 0.6) is 0 Å². The molecule has 0 atom stereocenters. The van der Waals surface area contributed by atoms with Crippen LogP contribution in [0.1, 0.15) is 11.1 Å². The molecule has 110 valence electrons. The zero-order valence-corrected chi connectivity index (χ0v) is 13.7. The lowest BCUT2D eigenvalue weighted by Gasteiger charge is -2.13. The van der Waals surface area contributed by atoms with Gasteiger partial charge in [-0.25, -0.2) is 0 Å². The minimum absolute atomic E-state index is 0.764. The van der Waals surface area contributed by atoms with E-state index in [1.807, 2.05) is 12.1 Å². The molecular weight excluding hydrogens is 323 g/mol. The van der Waals surface area contributed by atoms with Gasteiger partial charge < -0.3 is 0 Å². The van der Waals surface area contributed by atoms with Crippen LogP contribution < -0.4 is 0 Å². The summed E-state index contributed by atoms with van der Waals surface area (Å²) in [5, 5.41) is 6.46. The molecule has 0 N–H and O–H groups in total. The quantitative estimate of drug-likeness (QED) is 0.271. The molecule has 0 saturated heterocycles. The molecule has 4 aromatic carbocycles. The maximum atomic E-state index is 6.29. The van der Waals surface area contributed by atoms with Crippen molar-refractivity contribution in [1.29, 1.82) is 0 Å². The molecule has 0 heterocycles. The van der Waals surface area contributed by atoms with Crippen LogP contribution in [0.2, 0.25) is 10.0 Å². The van der Waals surface area contributed by atoms with E-state index in [2.05, 4.69) is 48.5 Å². The summed E-state index contributed by atoms with van der Waals surface area (Å²) >= 11 is 12.6. The van der Waals surface area contributed by atoms with Crippen LogP contribution >= 0.6 is 23.2 Å². The number of rotatable bonds is 0. The molecule has 5 rings (SSSR count). The maximum Gasteiger partial charge on any atom is 0.0412 e. The summed E-state index contributed by atoms with van der Waals surface area (Å²) < 4.78 is 0. The summed E-state index contributed by atoms with van der Waals surface area (Å²) in [5.74, 6) is 0. The maximum absolute atomic E-state index is 6.29. The van der Waals surface area contributed by atoms with Crippen molar-refractivity contribution in [2.24, 2.45) is 0 Å². The van der Waals surface area contributed by atoms with Gasteiger partial charge in [0.25, 0.3) is 0 Å². The molecule has 0 radical (unpaired) electrons. The monoisotopic (exact) mass is 334 g/mol. The SMILES string of the molecule is Clc1ccc2c(c1)c1c(c3ccc(Cl)cc32)-c2ccccc2C1. The molecule has 0 amide bonds. The van der Waals surface area contributed by atoms with E-state index in [9.17, 15) is 0 Å². The summed E-state index contributed by atoms with van der Waals surface area (Å²) in [6.45, 7) is 0. The van der Waals surface area contributed by atoms with Gasteiger partial charge in [-0.2, -0.15) is 0 Å². The van der Waals surface area contributed by atoms with Crippen molar-refractivity contribution in [2.45, 2.75) is 6.42 Å². The van der Waals surface area contributed by atoms with Crippen molar-refractivity contribution >= 4 is 44.7 Å². The Balaban J connectivity index is 2.06. The van der Waals surface area contributed by atoms with Crippen LogP contribution in [0.25, 0.3) is 32.7 Å². The number of benzene rings is 4. The van der Waals surface area contributed by atoms with Crippen molar-refractivity contribution in [1.82, 2.24) is 0 Å². The Hall–Kier alpha value is -2.02. The number of hydrogen-bond acceptors (Lipinski definition) is 0. The summed E-state index contributed by atoms with van der Waals surface area (Å²) in [4.78, 5) is 0. The Morgan fingerprint density at radius 3 is 2.17 bits per heavy atom. The van der Waals surface area contributed by atoms with Crippen LogP contribution in [0.3, 0.4) is 0 Å². The van der Waals surface area contributed by atoms with Gasteiger partial charge in [-0.15, -0.1) is 0 Å². The molecular formula is C21H12Cl2. The van der Waals surface area contributed by atoms with Crippen LogP contribution in [-0.2, 0) is 6.42 Å². The Morgan fingerprint density at radius 1 is 0.652 bits per heavy atom. The summed E-state index contributed by atoms with van der Waals surface area (Å²) in [6, 6.07) is 21.0. The van der Waals surface area contributed by atoms with Crippen molar-refractivity contribution in [2.75, 3.05) is 0 Å². The first-order valence-corrected chi connectivity index (χ1v) is 8.39. The second kappa shape index (κ2) is 4.74. The Morgan fingerprint density at radius 2 is 1.35 bits per heavy atom. The number of halogens is 2. The second-order valence-corrected chi connectivity index (χ2v) is 6.94. The van der Waals surface area contributed by atoms with Gasteiger partial charge in [-0.05, 0) is 74.5 Å². The Labute approximate surface area is 144 Å². The molecule has 0 nitrogen and oxygen atoms in total. The lowest BCUT2D eigenvalue weighted by molar-refractivity contribution is 1.29. The van der Waals surface area contributed by atoms with E-state index in [4.69, 9.17) is 23.2 Å². The van der Waals surface area contributed by atoms with Crippen molar-refractivity contribution in [3.05, 3.63) is 81.8 Å². The van der Waals surface area contributed by atoms with Crippen LogP contribution in [0.4, 0.5) is 0 Å². The third-order valence-electron chi connectivity index (χ3n) is 4.80. The Bertz CT molecular complexity index is 1110. The molecule has 2 heteroatoms. The topological polar surface area (TPSA) is 0 Å². The minimum Gasteiger partial charge on any atom is -0.0843 e. The predicted octanol–water partition coefficient (Wildman–Crippen LogP) is 6.87.